The van der Waals surface area contributed by atoms with Crippen LogP contribution in [0.25, 0.3) is 11.4 Å². The number of ketones is 1. The average molecular weight is 266 g/mol. The Morgan fingerprint density at radius 2 is 2.05 bits per heavy atom. The Bertz CT molecular complexity index is 608. The fourth-order valence-corrected chi connectivity index (χ4v) is 1.43. The molecule has 4 nitrogen and oxygen atoms in total. The zero-order valence-electron chi connectivity index (χ0n) is 10.5. The van der Waals surface area contributed by atoms with Crippen molar-refractivity contribution >= 4 is 5.78 Å². The van der Waals surface area contributed by atoms with Crippen LogP contribution >= 0.6 is 0 Å². The summed E-state index contributed by atoms with van der Waals surface area (Å²) in [7, 11) is 0. The third kappa shape index (κ3) is 3.01. The monoisotopic (exact) mass is 266 g/mol. The highest BCUT2D eigenvalue weighted by atomic mass is 19.2. The van der Waals surface area contributed by atoms with Gasteiger partial charge in [0.25, 0.3) is 0 Å². The van der Waals surface area contributed by atoms with Crippen LogP contribution in [0, 0.1) is 17.6 Å². The molecule has 6 heteroatoms. The van der Waals surface area contributed by atoms with Crippen LogP contribution in [0.3, 0.4) is 0 Å². The molecule has 2 aromatic rings. The number of halogens is 2. The summed E-state index contributed by atoms with van der Waals surface area (Å²) in [5.74, 6) is -1.78. The molecule has 0 N–H and O–H groups in total. The fraction of sp³-hybridized carbons (Fsp3) is 0.308. The van der Waals surface area contributed by atoms with Crippen LogP contribution < -0.4 is 0 Å². The van der Waals surface area contributed by atoms with E-state index in [0.29, 0.717) is 5.56 Å². The van der Waals surface area contributed by atoms with Gasteiger partial charge in [-0.25, -0.2) is 8.78 Å². The van der Waals surface area contributed by atoms with Gasteiger partial charge in [-0.1, -0.05) is 19.0 Å². The second-order valence-electron chi connectivity index (χ2n) is 4.44. The number of benzene rings is 1. The quantitative estimate of drug-likeness (QED) is 0.853. The summed E-state index contributed by atoms with van der Waals surface area (Å²) in [4.78, 5) is 15.5. The lowest BCUT2D eigenvalue weighted by Gasteiger charge is -1.98. The van der Waals surface area contributed by atoms with Crippen molar-refractivity contribution in [1.29, 1.82) is 0 Å². The lowest BCUT2D eigenvalue weighted by atomic mass is 10.1. The van der Waals surface area contributed by atoms with Gasteiger partial charge in [0.1, 0.15) is 5.78 Å². The topological polar surface area (TPSA) is 56.0 Å². The van der Waals surface area contributed by atoms with Crippen molar-refractivity contribution in [2.24, 2.45) is 5.92 Å². The molecule has 1 aromatic heterocycles. The molecule has 19 heavy (non-hydrogen) atoms. The second-order valence-corrected chi connectivity index (χ2v) is 4.44. The number of aromatic nitrogens is 2. The molecule has 0 unspecified atom stereocenters. The molecule has 0 aliphatic carbocycles. The van der Waals surface area contributed by atoms with E-state index in [1.165, 1.54) is 6.07 Å². The Morgan fingerprint density at radius 1 is 1.32 bits per heavy atom. The SMILES string of the molecule is CC(C)C(=O)Cc1nc(-c2ccc(F)c(F)c2)no1. The Balaban J connectivity index is 2.21. The van der Waals surface area contributed by atoms with Crippen LogP contribution in [-0.4, -0.2) is 15.9 Å². The number of hydrogen-bond acceptors (Lipinski definition) is 4. The molecule has 0 bridgehead atoms. The predicted octanol–water partition coefficient (Wildman–Crippen LogP) is 2.78. The Hall–Kier alpha value is -2.11. The van der Waals surface area contributed by atoms with Gasteiger partial charge in [0.2, 0.25) is 11.7 Å². The highest BCUT2D eigenvalue weighted by molar-refractivity contribution is 5.81. The molecule has 0 aliphatic heterocycles. The van der Waals surface area contributed by atoms with E-state index in [4.69, 9.17) is 4.52 Å². The van der Waals surface area contributed by atoms with Gasteiger partial charge < -0.3 is 4.52 Å². The van der Waals surface area contributed by atoms with Crippen molar-refractivity contribution in [3.05, 3.63) is 35.7 Å². The molecular weight excluding hydrogens is 254 g/mol. The molecule has 1 heterocycles. The minimum absolute atomic E-state index is 0.0273. The summed E-state index contributed by atoms with van der Waals surface area (Å²) in [5.41, 5.74) is 0.297. The number of nitrogens with zero attached hydrogens (tertiary/aromatic N) is 2. The maximum absolute atomic E-state index is 13.1. The lowest BCUT2D eigenvalue weighted by molar-refractivity contribution is -0.121. The third-order valence-corrected chi connectivity index (χ3v) is 2.62. The van der Waals surface area contributed by atoms with Gasteiger partial charge in [0.05, 0.1) is 6.42 Å². The van der Waals surface area contributed by atoms with E-state index in [9.17, 15) is 13.6 Å². The first-order chi connectivity index (χ1) is 8.97. The first kappa shape index (κ1) is 13.3. The number of hydrogen-bond donors (Lipinski definition) is 0. The molecule has 0 amide bonds. The van der Waals surface area contributed by atoms with Crippen LogP contribution in [0.4, 0.5) is 8.78 Å². The van der Waals surface area contributed by atoms with E-state index in [1.807, 2.05) is 0 Å². The van der Waals surface area contributed by atoms with Gasteiger partial charge in [0, 0.05) is 11.5 Å². The molecule has 0 atom stereocenters. The molecule has 2 rings (SSSR count). The Morgan fingerprint density at radius 3 is 2.68 bits per heavy atom. The van der Waals surface area contributed by atoms with Crippen molar-refractivity contribution in [2.45, 2.75) is 20.3 Å². The van der Waals surface area contributed by atoms with E-state index in [2.05, 4.69) is 10.1 Å². The van der Waals surface area contributed by atoms with E-state index in [0.717, 1.165) is 12.1 Å². The summed E-state index contributed by atoms with van der Waals surface area (Å²) >= 11 is 0. The molecule has 1 aromatic carbocycles. The van der Waals surface area contributed by atoms with Crippen molar-refractivity contribution in [3.8, 4) is 11.4 Å². The van der Waals surface area contributed by atoms with Gasteiger partial charge >= 0.3 is 0 Å². The molecule has 0 spiro atoms. The molecule has 100 valence electrons. The number of rotatable bonds is 4. The van der Waals surface area contributed by atoms with E-state index in [1.54, 1.807) is 13.8 Å². The number of Topliss-reactive ketones (excluding diaryl/α,β-unsaturated/α-hetero) is 1. The molecule has 0 aliphatic rings. The highest BCUT2D eigenvalue weighted by Gasteiger charge is 2.15. The van der Waals surface area contributed by atoms with Crippen molar-refractivity contribution in [1.82, 2.24) is 10.1 Å². The number of carbonyl (C=O) groups excluding carboxylic acids is 1. The van der Waals surface area contributed by atoms with Gasteiger partial charge in [-0.15, -0.1) is 0 Å². The molecular formula is C13H12F2N2O2. The average Bonchev–Trinajstić information content (AvgIpc) is 2.81. The van der Waals surface area contributed by atoms with Crippen LogP contribution in [0.2, 0.25) is 0 Å². The third-order valence-electron chi connectivity index (χ3n) is 2.62. The molecule has 0 saturated heterocycles. The van der Waals surface area contributed by atoms with E-state index in [-0.39, 0.29) is 29.8 Å². The van der Waals surface area contributed by atoms with Crippen LogP contribution in [0.15, 0.2) is 22.7 Å². The van der Waals surface area contributed by atoms with Crippen molar-refractivity contribution in [2.75, 3.05) is 0 Å². The fourth-order valence-electron chi connectivity index (χ4n) is 1.43. The Kier molecular flexibility index (Phi) is 3.69. The zero-order chi connectivity index (χ0) is 14.0. The van der Waals surface area contributed by atoms with Gasteiger partial charge in [-0.05, 0) is 18.2 Å². The summed E-state index contributed by atoms with van der Waals surface area (Å²) in [6.45, 7) is 3.55. The van der Waals surface area contributed by atoms with Crippen molar-refractivity contribution in [3.63, 3.8) is 0 Å². The summed E-state index contributed by atoms with van der Waals surface area (Å²) < 4.78 is 30.8. The normalized spacial score (nSPS) is 11.0. The smallest absolute Gasteiger partial charge is 0.234 e. The van der Waals surface area contributed by atoms with Gasteiger partial charge in [-0.2, -0.15) is 4.98 Å². The predicted molar refractivity (Wildman–Crippen MR) is 63.2 cm³/mol. The van der Waals surface area contributed by atoms with E-state index < -0.39 is 11.6 Å². The first-order valence-electron chi connectivity index (χ1n) is 5.78. The minimum Gasteiger partial charge on any atom is -0.339 e. The summed E-state index contributed by atoms with van der Waals surface area (Å²) in [6, 6.07) is 3.31. The van der Waals surface area contributed by atoms with Crippen molar-refractivity contribution < 1.29 is 18.1 Å². The highest BCUT2D eigenvalue weighted by Crippen LogP contribution is 2.19. The zero-order valence-corrected chi connectivity index (χ0v) is 10.5. The largest absolute Gasteiger partial charge is 0.339 e. The maximum atomic E-state index is 13.1. The van der Waals surface area contributed by atoms with Gasteiger partial charge in [-0.3, -0.25) is 4.79 Å². The lowest BCUT2D eigenvalue weighted by Crippen LogP contribution is -2.10. The Labute approximate surface area is 108 Å². The standard InChI is InChI=1S/C13H12F2N2O2/c1-7(2)11(18)6-12-16-13(17-19-12)8-3-4-9(14)10(15)5-8/h3-5,7H,6H2,1-2H3. The van der Waals surface area contributed by atoms with Crippen LogP contribution in [0.1, 0.15) is 19.7 Å². The molecule has 0 saturated carbocycles. The maximum Gasteiger partial charge on any atom is 0.234 e. The summed E-state index contributed by atoms with van der Waals surface area (Å²) in [6.07, 6.45) is 0.0361. The first-order valence-corrected chi connectivity index (χ1v) is 5.78. The van der Waals surface area contributed by atoms with Crippen LogP contribution in [0.5, 0.6) is 0 Å². The second kappa shape index (κ2) is 5.26. The number of carbonyl (C=O) groups is 1. The summed E-state index contributed by atoms with van der Waals surface area (Å²) in [5, 5.41) is 3.64. The van der Waals surface area contributed by atoms with Gasteiger partial charge in [0.15, 0.2) is 11.6 Å². The molecule has 0 fully saturated rings. The van der Waals surface area contributed by atoms with Crippen LogP contribution in [-0.2, 0) is 11.2 Å². The van der Waals surface area contributed by atoms with E-state index >= 15 is 0 Å². The minimum atomic E-state index is -0.984. The molecule has 0 radical (unpaired) electrons.